The first-order valence-corrected chi connectivity index (χ1v) is 4.94. The molecule has 0 saturated carbocycles. The number of rotatable bonds is 4. The van der Waals surface area contributed by atoms with Crippen molar-refractivity contribution in [1.82, 2.24) is 0 Å². The van der Waals surface area contributed by atoms with E-state index in [0.29, 0.717) is 11.5 Å². The zero-order valence-corrected chi connectivity index (χ0v) is 7.81. The van der Waals surface area contributed by atoms with Gasteiger partial charge >= 0.3 is 0 Å². The molecule has 2 nitrogen and oxygen atoms in total. The van der Waals surface area contributed by atoms with E-state index in [2.05, 4.69) is 0 Å². The van der Waals surface area contributed by atoms with Crippen molar-refractivity contribution in [3.8, 4) is 0 Å². The quantitative estimate of drug-likeness (QED) is 0.799. The number of amides is 1. The fourth-order valence-corrected chi connectivity index (χ4v) is 1.58. The van der Waals surface area contributed by atoms with Gasteiger partial charge in [0.15, 0.2) is 0 Å². The number of carbonyl (C=O) groups excluding carboxylic acids is 1. The summed E-state index contributed by atoms with van der Waals surface area (Å²) in [6.45, 7) is 0. The lowest BCUT2D eigenvalue weighted by molar-refractivity contribution is -0.115. The summed E-state index contributed by atoms with van der Waals surface area (Å²) in [6, 6.07) is 6.20. The van der Waals surface area contributed by atoms with Crippen LogP contribution in [0.25, 0.3) is 0 Å². The van der Waals surface area contributed by atoms with Crippen molar-refractivity contribution in [3.63, 3.8) is 0 Å². The Bertz CT molecular complexity index is 286. The normalized spacial score (nSPS) is 9.92. The van der Waals surface area contributed by atoms with Gasteiger partial charge < -0.3 is 5.73 Å². The van der Waals surface area contributed by atoms with Gasteiger partial charge in [0.1, 0.15) is 5.82 Å². The summed E-state index contributed by atoms with van der Waals surface area (Å²) < 4.78 is 12.5. The monoisotopic (exact) mass is 199 g/mol. The lowest BCUT2D eigenvalue weighted by Crippen LogP contribution is -2.13. The van der Waals surface area contributed by atoms with Crippen LogP contribution in [0.5, 0.6) is 0 Å². The van der Waals surface area contributed by atoms with Crippen molar-refractivity contribution in [1.29, 1.82) is 0 Å². The third kappa shape index (κ3) is 3.94. The summed E-state index contributed by atoms with van der Waals surface area (Å²) in [6.07, 6.45) is 0. The van der Waals surface area contributed by atoms with E-state index in [1.165, 1.54) is 23.9 Å². The average molecular weight is 199 g/mol. The Kier molecular flexibility index (Phi) is 3.76. The van der Waals surface area contributed by atoms with Crippen LogP contribution in [0.4, 0.5) is 4.39 Å². The van der Waals surface area contributed by atoms with Crippen LogP contribution in [-0.4, -0.2) is 11.7 Å². The van der Waals surface area contributed by atoms with Crippen LogP contribution in [0.3, 0.4) is 0 Å². The fraction of sp³-hybridized carbons (Fsp3) is 0.222. The van der Waals surface area contributed by atoms with Gasteiger partial charge in [-0.05, 0) is 17.7 Å². The molecule has 0 spiro atoms. The highest BCUT2D eigenvalue weighted by Crippen LogP contribution is 2.11. The standard InChI is InChI=1S/C9H10FNOS/c10-8-3-1-7(2-4-8)5-13-6-9(11)12/h1-4H,5-6H2,(H2,11,12). The highest BCUT2D eigenvalue weighted by Gasteiger charge is 1.96. The van der Waals surface area contributed by atoms with E-state index in [1.54, 1.807) is 12.1 Å². The zero-order chi connectivity index (χ0) is 9.68. The molecule has 1 aromatic rings. The molecule has 0 bridgehead atoms. The Labute approximate surface area is 80.3 Å². The smallest absolute Gasteiger partial charge is 0.227 e. The third-order valence-corrected chi connectivity index (χ3v) is 2.45. The molecular formula is C9H10FNOS. The largest absolute Gasteiger partial charge is 0.369 e. The number of hydrogen-bond acceptors (Lipinski definition) is 2. The van der Waals surface area contributed by atoms with Gasteiger partial charge in [-0.25, -0.2) is 4.39 Å². The molecule has 70 valence electrons. The molecule has 0 fully saturated rings. The van der Waals surface area contributed by atoms with Crippen molar-refractivity contribution in [2.75, 3.05) is 5.75 Å². The Morgan fingerprint density at radius 3 is 2.54 bits per heavy atom. The topological polar surface area (TPSA) is 43.1 Å². The molecule has 2 N–H and O–H groups in total. The van der Waals surface area contributed by atoms with Crippen LogP contribution in [0, 0.1) is 5.82 Å². The van der Waals surface area contributed by atoms with Gasteiger partial charge in [0.05, 0.1) is 5.75 Å². The minimum absolute atomic E-state index is 0.247. The first-order valence-electron chi connectivity index (χ1n) is 3.79. The van der Waals surface area contributed by atoms with Crippen LogP contribution < -0.4 is 5.73 Å². The molecule has 0 aliphatic rings. The first kappa shape index (κ1) is 10.1. The van der Waals surface area contributed by atoms with Gasteiger partial charge in [-0.1, -0.05) is 12.1 Å². The number of halogens is 1. The molecule has 1 amide bonds. The van der Waals surface area contributed by atoms with Gasteiger partial charge in [0, 0.05) is 5.75 Å². The number of nitrogens with two attached hydrogens (primary N) is 1. The number of carbonyl (C=O) groups is 1. The van der Waals surface area contributed by atoms with E-state index >= 15 is 0 Å². The second kappa shape index (κ2) is 4.87. The van der Waals surface area contributed by atoms with Crippen molar-refractivity contribution in [2.45, 2.75) is 5.75 Å². The van der Waals surface area contributed by atoms with Crippen LogP contribution in [0.2, 0.25) is 0 Å². The predicted molar refractivity (Wildman–Crippen MR) is 51.8 cm³/mol. The zero-order valence-electron chi connectivity index (χ0n) is 7.00. The number of benzene rings is 1. The SMILES string of the molecule is NC(=O)CSCc1ccc(F)cc1. The number of hydrogen-bond donors (Lipinski definition) is 1. The van der Waals surface area contributed by atoms with Crippen molar-refractivity contribution >= 4 is 17.7 Å². The molecule has 0 aliphatic heterocycles. The average Bonchev–Trinajstić information content (AvgIpc) is 2.08. The second-order valence-corrected chi connectivity index (χ2v) is 3.57. The van der Waals surface area contributed by atoms with Crippen LogP contribution in [0.1, 0.15) is 5.56 Å². The fourth-order valence-electron chi connectivity index (χ4n) is 0.850. The van der Waals surface area contributed by atoms with Crippen LogP contribution in [-0.2, 0) is 10.5 Å². The van der Waals surface area contributed by atoms with E-state index < -0.39 is 0 Å². The highest BCUT2D eigenvalue weighted by molar-refractivity contribution is 7.99. The van der Waals surface area contributed by atoms with E-state index in [4.69, 9.17) is 5.73 Å². The van der Waals surface area contributed by atoms with Gasteiger partial charge in [-0.15, -0.1) is 11.8 Å². The van der Waals surface area contributed by atoms with E-state index in [9.17, 15) is 9.18 Å². The molecule has 1 aromatic carbocycles. The highest BCUT2D eigenvalue weighted by atomic mass is 32.2. The summed E-state index contributed by atoms with van der Waals surface area (Å²) in [7, 11) is 0. The summed E-state index contributed by atoms with van der Waals surface area (Å²) in [5.41, 5.74) is 5.95. The van der Waals surface area contributed by atoms with Gasteiger partial charge in [0.25, 0.3) is 0 Å². The Hall–Kier alpha value is -1.03. The first-order chi connectivity index (χ1) is 6.18. The molecule has 4 heteroatoms. The number of thioether (sulfide) groups is 1. The maximum Gasteiger partial charge on any atom is 0.227 e. The molecule has 0 unspecified atom stereocenters. The third-order valence-electron chi connectivity index (χ3n) is 1.43. The molecule has 0 atom stereocenters. The molecule has 0 saturated heterocycles. The van der Waals surface area contributed by atoms with Crippen molar-refractivity contribution in [2.24, 2.45) is 5.73 Å². The molecular weight excluding hydrogens is 189 g/mol. The predicted octanol–water partition coefficient (Wildman–Crippen LogP) is 1.54. The Morgan fingerprint density at radius 2 is 2.00 bits per heavy atom. The van der Waals surface area contributed by atoms with Gasteiger partial charge in [-0.2, -0.15) is 0 Å². The Morgan fingerprint density at radius 1 is 1.38 bits per heavy atom. The summed E-state index contributed by atoms with van der Waals surface area (Å²) >= 11 is 1.42. The lowest BCUT2D eigenvalue weighted by atomic mass is 10.2. The lowest BCUT2D eigenvalue weighted by Gasteiger charge is -1.98. The Balaban J connectivity index is 2.37. The summed E-state index contributed by atoms with van der Waals surface area (Å²) in [5.74, 6) is 0.413. The van der Waals surface area contributed by atoms with Crippen molar-refractivity contribution < 1.29 is 9.18 Å². The van der Waals surface area contributed by atoms with E-state index in [1.807, 2.05) is 0 Å². The molecule has 0 aromatic heterocycles. The maximum absolute atomic E-state index is 12.5. The molecule has 1 rings (SSSR count). The van der Waals surface area contributed by atoms with E-state index in [0.717, 1.165) is 5.56 Å². The van der Waals surface area contributed by atoms with E-state index in [-0.39, 0.29) is 11.7 Å². The molecule has 0 radical (unpaired) electrons. The second-order valence-electron chi connectivity index (χ2n) is 2.59. The molecule has 0 aliphatic carbocycles. The minimum Gasteiger partial charge on any atom is -0.369 e. The molecule has 0 heterocycles. The van der Waals surface area contributed by atoms with Crippen LogP contribution in [0.15, 0.2) is 24.3 Å². The number of primary amides is 1. The van der Waals surface area contributed by atoms with Crippen molar-refractivity contribution in [3.05, 3.63) is 35.6 Å². The van der Waals surface area contributed by atoms with Crippen LogP contribution >= 0.6 is 11.8 Å². The van der Waals surface area contributed by atoms with Gasteiger partial charge in [-0.3, -0.25) is 4.79 Å². The minimum atomic E-state index is -0.327. The summed E-state index contributed by atoms with van der Waals surface area (Å²) in [4.78, 5) is 10.4. The molecule has 13 heavy (non-hydrogen) atoms. The summed E-state index contributed by atoms with van der Waals surface area (Å²) in [5, 5.41) is 0. The van der Waals surface area contributed by atoms with Gasteiger partial charge in [0.2, 0.25) is 5.91 Å². The maximum atomic E-state index is 12.5.